The lowest BCUT2D eigenvalue weighted by molar-refractivity contribution is 0.339. The van der Waals surface area contributed by atoms with Crippen molar-refractivity contribution in [2.45, 2.75) is 13.5 Å². The number of rotatable bonds is 5. The number of aromatic nitrogens is 1. The van der Waals surface area contributed by atoms with E-state index in [9.17, 15) is 0 Å². The third-order valence-electron chi connectivity index (χ3n) is 2.45. The van der Waals surface area contributed by atoms with Crippen molar-refractivity contribution in [3.05, 3.63) is 48.3 Å². The van der Waals surface area contributed by atoms with Gasteiger partial charge in [0.15, 0.2) is 0 Å². The van der Waals surface area contributed by atoms with E-state index in [0.717, 1.165) is 17.1 Å². The van der Waals surface area contributed by atoms with Crippen LogP contribution < -0.4 is 15.2 Å². The molecular formula is C14H16N2O2. The number of pyridine rings is 1. The standard InChI is InChI=1S/C14H16N2O2/c1-2-17-12-3-5-13(6-4-12)18-14-10-16-8-7-11(14)9-15/h3-8,10H,2,9,15H2,1H3. The fourth-order valence-corrected chi connectivity index (χ4v) is 1.57. The molecule has 0 radical (unpaired) electrons. The minimum absolute atomic E-state index is 0.425. The zero-order valence-electron chi connectivity index (χ0n) is 10.3. The smallest absolute Gasteiger partial charge is 0.150 e. The van der Waals surface area contributed by atoms with Crippen LogP contribution in [0.5, 0.6) is 17.2 Å². The lowest BCUT2D eigenvalue weighted by Crippen LogP contribution is -1.99. The molecule has 18 heavy (non-hydrogen) atoms. The van der Waals surface area contributed by atoms with Gasteiger partial charge < -0.3 is 15.2 Å². The molecule has 1 aromatic carbocycles. The molecule has 0 unspecified atom stereocenters. The van der Waals surface area contributed by atoms with Crippen molar-refractivity contribution in [2.24, 2.45) is 5.73 Å². The van der Waals surface area contributed by atoms with Gasteiger partial charge in [0, 0.05) is 18.3 Å². The molecule has 0 saturated carbocycles. The summed E-state index contributed by atoms with van der Waals surface area (Å²) in [5, 5.41) is 0. The molecule has 2 N–H and O–H groups in total. The Morgan fingerprint density at radius 2 is 1.83 bits per heavy atom. The molecule has 0 aliphatic heterocycles. The van der Waals surface area contributed by atoms with E-state index >= 15 is 0 Å². The zero-order chi connectivity index (χ0) is 12.8. The molecule has 0 aliphatic carbocycles. The van der Waals surface area contributed by atoms with E-state index < -0.39 is 0 Å². The van der Waals surface area contributed by atoms with Gasteiger partial charge in [-0.3, -0.25) is 4.98 Å². The van der Waals surface area contributed by atoms with Crippen molar-refractivity contribution >= 4 is 0 Å². The molecule has 1 heterocycles. The molecule has 2 rings (SSSR count). The summed E-state index contributed by atoms with van der Waals surface area (Å²) in [5.74, 6) is 2.25. The Balaban J connectivity index is 2.13. The number of nitrogens with zero attached hydrogens (tertiary/aromatic N) is 1. The van der Waals surface area contributed by atoms with Gasteiger partial charge in [-0.1, -0.05) is 0 Å². The number of hydrogen-bond acceptors (Lipinski definition) is 4. The van der Waals surface area contributed by atoms with E-state index in [1.54, 1.807) is 12.4 Å². The SMILES string of the molecule is CCOc1ccc(Oc2cnccc2CN)cc1. The van der Waals surface area contributed by atoms with Gasteiger partial charge in [0.25, 0.3) is 0 Å². The van der Waals surface area contributed by atoms with Gasteiger partial charge in [-0.25, -0.2) is 0 Å². The van der Waals surface area contributed by atoms with Gasteiger partial charge in [0.05, 0.1) is 12.8 Å². The monoisotopic (exact) mass is 244 g/mol. The summed E-state index contributed by atoms with van der Waals surface area (Å²) in [6.45, 7) is 3.03. The highest BCUT2D eigenvalue weighted by Crippen LogP contribution is 2.25. The van der Waals surface area contributed by atoms with E-state index in [2.05, 4.69) is 4.98 Å². The summed E-state index contributed by atoms with van der Waals surface area (Å²) in [5.41, 5.74) is 6.57. The minimum Gasteiger partial charge on any atom is -0.494 e. The van der Waals surface area contributed by atoms with Crippen LogP contribution in [-0.4, -0.2) is 11.6 Å². The largest absolute Gasteiger partial charge is 0.494 e. The van der Waals surface area contributed by atoms with Crippen molar-refractivity contribution in [1.82, 2.24) is 4.98 Å². The van der Waals surface area contributed by atoms with Crippen LogP contribution in [0.25, 0.3) is 0 Å². The van der Waals surface area contributed by atoms with E-state index in [0.29, 0.717) is 18.9 Å². The normalized spacial score (nSPS) is 10.1. The average molecular weight is 244 g/mol. The van der Waals surface area contributed by atoms with Crippen LogP contribution in [0.4, 0.5) is 0 Å². The van der Waals surface area contributed by atoms with Crippen LogP contribution in [-0.2, 0) is 6.54 Å². The second-order valence-electron chi connectivity index (χ2n) is 3.69. The summed E-state index contributed by atoms with van der Waals surface area (Å²) in [6.07, 6.45) is 3.37. The van der Waals surface area contributed by atoms with E-state index in [1.165, 1.54) is 0 Å². The van der Waals surface area contributed by atoms with Crippen molar-refractivity contribution in [3.63, 3.8) is 0 Å². The third kappa shape index (κ3) is 2.99. The first kappa shape index (κ1) is 12.4. The topological polar surface area (TPSA) is 57.4 Å². The number of benzene rings is 1. The first-order chi connectivity index (χ1) is 8.83. The van der Waals surface area contributed by atoms with Crippen molar-refractivity contribution in [2.75, 3.05) is 6.61 Å². The Bertz CT molecular complexity index is 497. The summed E-state index contributed by atoms with van der Waals surface area (Å²) in [4.78, 5) is 4.03. The lowest BCUT2D eigenvalue weighted by Gasteiger charge is -2.09. The van der Waals surface area contributed by atoms with Gasteiger partial charge >= 0.3 is 0 Å². The molecule has 0 aliphatic rings. The Labute approximate surface area is 106 Å². The Morgan fingerprint density at radius 1 is 1.11 bits per heavy atom. The van der Waals surface area contributed by atoms with Crippen LogP contribution in [0.15, 0.2) is 42.7 Å². The maximum absolute atomic E-state index is 5.74. The van der Waals surface area contributed by atoms with Gasteiger partial charge in [-0.2, -0.15) is 0 Å². The summed E-state index contributed by atoms with van der Waals surface area (Å²) < 4.78 is 11.1. The number of hydrogen-bond donors (Lipinski definition) is 1. The summed E-state index contributed by atoms with van der Waals surface area (Å²) in [7, 11) is 0. The summed E-state index contributed by atoms with van der Waals surface area (Å²) >= 11 is 0. The minimum atomic E-state index is 0.425. The van der Waals surface area contributed by atoms with Gasteiger partial charge in [-0.15, -0.1) is 0 Å². The Morgan fingerprint density at radius 3 is 2.50 bits per heavy atom. The predicted molar refractivity (Wildman–Crippen MR) is 69.8 cm³/mol. The van der Waals surface area contributed by atoms with Crippen LogP contribution in [0, 0.1) is 0 Å². The van der Waals surface area contributed by atoms with E-state index in [-0.39, 0.29) is 0 Å². The van der Waals surface area contributed by atoms with E-state index in [4.69, 9.17) is 15.2 Å². The van der Waals surface area contributed by atoms with Gasteiger partial charge in [-0.05, 0) is 37.3 Å². The molecule has 4 nitrogen and oxygen atoms in total. The first-order valence-electron chi connectivity index (χ1n) is 5.87. The number of ether oxygens (including phenoxy) is 2. The van der Waals surface area contributed by atoms with Crippen molar-refractivity contribution < 1.29 is 9.47 Å². The quantitative estimate of drug-likeness (QED) is 0.878. The van der Waals surface area contributed by atoms with Crippen molar-refractivity contribution in [1.29, 1.82) is 0 Å². The molecule has 0 spiro atoms. The van der Waals surface area contributed by atoms with Crippen LogP contribution in [0.3, 0.4) is 0 Å². The van der Waals surface area contributed by atoms with Crippen LogP contribution in [0.1, 0.15) is 12.5 Å². The van der Waals surface area contributed by atoms with Gasteiger partial charge in [0.2, 0.25) is 0 Å². The fraction of sp³-hybridized carbons (Fsp3) is 0.214. The highest BCUT2D eigenvalue weighted by Gasteiger charge is 2.03. The molecular weight excluding hydrogens is 228 g/mol. The zero-order valence-corrected chi connectivity index (χ0v) is 10.3. The summed E-state index contributed by atoms with van der Waals surface area (Å²) in [6, 6.07) is 9.31. The molecule has 0 atom stereocenters. The molecule has 0 bridgehead atoms. The highest BCUT2D eigenvalue weighted by molar-refractivity contribution is 5.37. The van der Waals surface area contributed by atoms with Crippen LogP contribution >= 0.6 is 0 Å². The first-order valence-corrected chi connectivity index (χ1v) is 5.87. The second-order valence-corrected chi connectivity index (χ2v) is 3.69. The van der Waals surface area contributed by atoms with Crippen molar-refractivity contribution in [3.8, 4) is 17.2 Å². The van der Waals surface area contributed by atoms with E-state index in [1.807, 2.05) is 37.3 Å². The Kier molecular flexibility index (Phi) is 4.15. The average Bonchev–Trinajstić information content (AvgIpc) is 2.42. The lowest BCUT2D eigenvalue weighted by atomic mass is 10.2. The maximum atomic E-state index is 5.74. The molecule has 0 fully saturated rings. The third-order valence-corrected chi connectivity index (χ3v) is 2.45. The molecule has 0 amide bonds. The fourth-order valence-electron chi connectivity index (χ4n) is 1.57. The van der Waals surface area contributed by atoms with Crippen LogP contribution in [0.2, 0.25) is 0 Å². The second kappa shape index (κ2) is 6.02. The molecule has 2 aromatic rings. The predicted octanol–water partition coefficient (Wildman–Crippen LogP) is 2.73. The molecule has 1 aromatic heterocycles. The highest BCUT2D eigenvalue weighted by atomic mass is 16.5. The molecule has 94 valence electrons. The Hall–Kier alpha value is -2.07. The van der Waals surface area contributed by atoms with Gasteiger partial charge in [0.1, 0.15) is 17.2 Å². The molecule has 4 heteroatoms. The number of nitrogens with two attached hydrogens (primary N) is 1. The maximum Gasteiger partial charge on any atom is 0.150 e. The molecule has 0 saturated heterocycles.